The molecular formula is C23H30O4. The smallest absolute Gasteiger partial charge is 0.118 e. The fraction of sp³-hybridized carbons (Fsp3) is 0.391. The van der Waals surface area contributed by atoms with E-state index in [2.05, 4.69) is 6.58 Å². The van der Waals surface area contributed by atoms with Gasteiger partial charge >= 0.3 is 0 Å². The molecule has 0 amide bonds. The molecule has 0 bridgehead atoms. The largest absolute Gasteiger partial charge is 0.497 e. The van der Waals surface area contributed by atoms with Gasteiger partial charge in [0.05, 0.1) is 38.6 Å². The van der Waals surface area contributed by atoms with Gasteiger partial charge in [0.1, 0.15) is 5.75 Å². The molecule has 2 aromatic carbocycles. The van der Waals surface area contributed by atoms with E-state index in [1.54, 1.807) is 13.2 Å². The van der Waals surface area contributed by atoms with Gasteiger partial charge in [-0.2, -0.15) is 0 Å². The van der Waals surface area contributed by atoms with E-state index >= 15 is 0 Å². The maximum atomic E-state index is 10.2. The van der Waals surface area contributed by atoms with Gasteiger partial charge in [-0.15, -0.1) is 6.58 Å². The molecule has 0 radical (unpaired) electrons. The Balaban J connectivity index is 1.94. The number of aliphatic hydroxyl groups is 1. The van der Waals surface area contributed by atoms with Crippen molar-refractivity contribution in [1.29, 1.82) is 0 Å². The number of methoxy groups -OCH3 is 1. The molecule has 0 spiro atoms. The van der Waals surface area contributed by atoms with Crippen molar-refractivity contribution in [3.8, 4) is 5.75 Å². The van der Waals surface area contributed by atoms with Crippen LogP contribution in [0.1, 0.15) is 30.9 Å². The third kappa shape index (κ3) is 7.55. The first-order chi connectivity index (χ1) is 13.1. The SMILES string of the molecule is C=CC[C@H](O)CC(OCc1ccc(OC)cc1)[C@H](C)OCc1ccccc1. The Kier molecular flexibility index (Phi) is 9.05. The molecule has 4 nitrogen and oxygen atoms in total. The predicted octanol–water partition coefficient (Wildman–Crippen LogP) is 4.51. The van der Waals surface area contributed by atoms with Crippen molar-refractivity contribution in [1.82, 2.24) is 0 Å². The Morgan fingerprint density at radius 1 is 0.963 bits per heavy atom. The van der Waals surface area contributed by atoms with Gasteiger partial charge in [-0.25, -0.2) is 0 Å². The quantitative estimate of drug-likeness (QED) is 0.558. The fourth-order valence-corrected chi connectivity index (χ4v) is 2.79. The summed E-state index contributed by atoms with van der Waals surface area (Å²) in [5.41, 5.74) is 2.17. The third-order valence-corrected chi connectivity index (χ3v) is 4.45. The van der Waals surface area contributed by atoms with Crippen LogP contribution in [0.25, 0.3) is 0 Å². The highest BCUT2D eigenvalue weighted by atomic mass is 16.5. The number of ether oxygens (including phenoxy) is 3. The third-order valence-electron chi connectivity index (χ3n) is 4.45. The molecule has 0 aromatic heterocycles. The van der Waals surface area contributed by atoms with Crippen molar-refractivity contribution in [2.75, 3.05) is 7.11 Å². The van der Waals surface area contributed by atoms with Crippen LogP contribution in [0.2, 0.25) is 0 Å². The summed E-state index contributed by atoms with van der Waals surface area (Å²) in [7, 11) is 1.65. The second-order valence-corrected chi connectivity index (χ2v) is 6.61. The van der Waals surface area contributed by atoms with E-state index in [1.165, 1.54) is 0 Å². The molecule has 27 heavy (non-hydrogen) atoms. The first-order valence-electron chi connectivity index (χ1n) is 9.31. The van der Waals surface area contributed by atoms with Crippen molar-refractivity contribution in [2.45, 2.75) is 51.3 Å². The second kappa shape index (κ2) is 11.5. The highest BCUT2D eigenvalue weighted by Gasteiger charge is 2.22. The van der Waals surface area contributed by atoms with E-state index in [9.17, 15) is 5.11 Å². The minimum atomic E-state index is -0.494. The van der Waals surface area contributed by atoms with E-state index < -0.39 is 6.10 Å². The van der Waals surface area contributed by atoms with Crippen molar-refractivity contribution < 1.29 is 19.3 Å². The van der Waals surface area contributed by atoms with Crippen LogP contribution >= 0.6 is 0 Å². The predicted molar refractivity (Wildman–Crippen MR) is 108 cm³/mol. The number of hydrogen-bond acceptors (Lipinski definition) is 4. The Labute approximate surface area is 162 Å². The minimum absolute atomic E-state index is 0.150. The molecule has 0 aliphatic carbocycles. The van der Waals surface area contributed by atoms with Crippen LogP contribution in [0, 0.1) is 0 Å². The summed E-state index contributed by atoms with van der Waals surface area (Å²) in [6.45, 7) is 6.65. The fourth-order valence-electron chi connectivity index (χ4n) is 2.79. The molecule has 0 aliphatic rings. The van der Waals surface area contributed by atoms with Gasteiger partial charge < -0.3 is 19.3 Å². The lowest BCUT2D eigenvalue weighted by atomic mass is 10.0. The Bertz CT molecular complexity index is 654. The first kappa shape index (κ1) is 21.2. The van der Waals surface area contributed by atoms with Crippen LogP contribution in [-0.4, -0.2) is 30.5 Å². The topological polar surface area (TPSA) is 47.9 Å². The summed E-state index contributed by atoms with van der Waals surface area (Å²) < 4.78 is 17.3. The van der Waals surface area contributed by atoms with Gasteiger partial charge in [-0.1, -0.05) is 48.5 Å². The minimum Gasteiger partial charge on any atom is -0.497 e. The second-order valence-electron chi connectivity index (χ2n) is 6.61. The Hall–Kier alpha value is -2.14. The number of benzene rings is 2. The zero-order chi connectivity index (χ0) is 19.5. The summed E-state index contributed by atoms with van der Waals surface area (Å²) in [4.78, 5) is 0. The molecule has 1 unspecified atom stereocenters. The Morgan fingerprint density at radius 3 is 2.22 bits per heavy atom. The summed E-state index contributed by atoms with van der Waals surface area (Å²) in [5, 5.41) is 10.2. The average molecular weight is 370 g/mol. The van der Waals surface area contributed by atoms with Crippen molar-refractivity contribution >= 4 is 0 Å². The number of hydrogen-bond donors (Lipinski definition) is 1. The first-order valence-corrected chi connectivity index (χ1v) is 9.31. The Morgan fingerprint density at radius 2 is 1.59 bits per heavy atom. The van der Waals surface area contributed by atoms with E-state index in [0.29, 0.717) is 26.1 Å². The van der Waals surface area contributed by atoms with Gasteiger partial charge in [0.25, 0.3) is 0 Å². The van der Waals surface area contributed by atoms with Crippen LogP contribution in [0.15, 0.2) is 67.3 Å². The summed E-state index contributed by atoms with van der Waals surface area (Å²) in [6, 6.07) is 17.8. The van der Waals surface area contributed by atoms with E-state index in [0.717, 1.165) is 16.9 Å². The molecule has 0 aliphatic heterocycles. The zero-order valence-electron chi connectivity index (χ0n) is 16.2. The molecule has 3 atom stereocenters. The summed E-state index contributed by atoms with van der Waals surface area (Å²) in [5.74, 6) is 0.816. The lowest BCUT2D eigenvalue weighted by molar-refractivity contribution is -0.0927. The van der Waals surface area contributed by atoms with Gasteiger partial charge in [0, 0.05) is 6.42 Å². The molecule has 0 saturated heterocycles. The zero-order valence-corrected chi connectivity index (χ0v) is 16.2. The van der Waals surface area contributed by atoms with E-state index in [1.807, 2.05) is 61.5 Å². The van der Waals surface area contributed by atoms with Gasteiger partial charge in [0.15, 0.2) is 0 Å². The lowest BCUT2D eigenvalue weighted by Gasteiger charge is -2.26. The molecule has 0 saturated carbocycles. The van der Waals surface area contributed by atoms with Crippen LogP contribution in [-0.2, 0) is 22.7 Å². The van der Waals surface area contributed by atoms with Gasteiger partial charge in [-0.3, -0.25) is 0 Å². The van der Waals surface area contributed by atoms with E-state index in [4.69, 9.17) is 14.2 Å². The normalized spacial score (nSPS) is 14.3. The molecular weight excluding hydrogens is 340 g/mol. The molecule has 2 aromatic rings. The maximum Gasteiger partial charge on any atom is 0.118 e. The van der Waals surface area contributed by atoms with Crippen LogP contribution in [0.5, 0.6) is 5.75 Å². The maximum absolute atomic E-state index is 10.2. The molecule has 0 heterocycles. The van der Waals surface area contributed by atoms with E-state index in [-0.39, 0.29) is 12.2 Å². The van der Waals surface area contributed by atoms with Crippen molar-refractivity contribution in [2.24, 2.45) is 0 Å². The number of aliphatic hydroxyl groups excluding tert-OH is 1. The highest BCUT2D eigenvalue weighted by Crippen LogP contribution is 2.18. The lowest BCUT2D eigenvalue weighted by Crippen LogP contribution is -2.32. The summed E-state index contributed by atoms with van der Waals surface area (Å²) in [6.07, 6.45) is 1.90. The number of rotatable bonds is 12. The monoisotopic (exact) mass is 370 g/mol. The van der Waals surface area contributed by atoms with Crippen LogP contribution < -0.4 is 4.74 Å². The van der Waals surface area contributed by atoms with Gasteiger partial charge in [0.2, 0.25) is 0 Å². The average Bonchev–Trinajstić information content (AvgIpc) is 2.70. The van der Waals surface area contributed by atoms with Crippen molar-refractivity contribution in [3.05, 3.63) is 78.4 Å². The van der Waals surface area contributed by atoms with Crippen LogP contribution in [0.4, 0.5) is 0 Å². The molecule has 4 heteroatoms. The standard InChI is InChI=1S/C23H30O4/c1-4-8-21(24)15-23(18(2)26-16-19-9-6-5-7-10-19)27-17-20-11-13-22(25-3)14-12-20/h4-7,9-14,18,21,23-24H,1,8,15-17H2,2-3H3/t18-,21-,23?/m0/s1. The molecule has 1 N–H and O–H groups in total. The highest BCUT2D eigenvalue weighted by molar-refractivity contribution is 5.26. The molecule has 2 rings (SSSR count). The summed E-state index contributed by atoms with van der Waals surface area (Å²) >= 11 is 0. The van der Waals surface area contributed by atoms with Crippen molar-refractivity contribution in [3.63, 3.8) is 0 Å². The van der Waals surface area contributed by atoms with Gasteiger partial charge in [-0.05, 0) is 36.6 Å². The molecule has 146 valence electrons. The van der Waals surface area contributed by atoms with Crippen LogP contribution in [0.3, 0.4) is 0 Å². The molecule has 0 fully saturated rings.